The van der Waals surface area contributed by atoms with E-state index in [0.29, 0.717) is 22.7 Å². The molecule has 4 rings (SSSR count). The minimum absolute atomic E-state index is 0.208. The molecule has 0 aliphatic heterocycles. The normalized spacial score (nSPS) is 11.8. The molecule has 6 nitrogen and oxygen atoms in total. The van der Waals surface area contributed by atoms with Gasteiger partial charge in [0.05, 0.1) is 18.5 Å². The Morgan fingerprint density at radius 1 is 1.03 bits per heavy atom. The summed E-state index contributed by atoms with van der Waals surface area (Å²) in [6.45, 7) is 1.86. The SMILES string of the molecule is COc1ccc2c(-c3ccc(OC(=O)C(F)(F)F)cc3)nc3[nH]nc(C)c3c2c1. The van der Waals surface area contributed by atoms with E-state index in [-0.39, 0.29) is 5.75 Å². The van der Waals surface area contributed by atoms with E-state index in [2.05, 4.69) is 19.9 Å². The summed E-state index contributed by atoms with van der Waals surface area (Å²) in [5.74, 6) is -1.80. The molecule has 0 aliphatic carbocycles. The van der Waals surface area contributed by atoms with Crippen LogP contribution in [0, 0.1) is 6.92 Å². The van der Waals surface area contributed by atoms with Crippen LogP contribution in [0.25, 0.3) is 33.1 Å². The van der Waals surface area contributed by atoms with Crippen molar-refractivity contribution in [2.75, 3.05) is 7.11 Å². The Balaban J connectivity index is 1.82. The summed E-state index contributed by atoms with van der Waals surface area (Å²) in [7, 11) is 1.57. The van der Waals surface area contributed by atoms with Crippen LogP contribution in [0.4, 0.5) is 13.2 Å². The van der Waals surface area contributed by atoms with Crippen molar-refractivity contribution in [2.24, 2.45) is 0 Å². The van der Waals surface area contributed by atoms with Gasteiger partial charge < -0.3 is 9.47 Å². The molecule has 0 saturated carbocycles. The molecule has 2 heterocycles. The minimum Gasteiger partial charge on any atom is -0.497 e. The highest BCUT2D eigenvalue weighted by Crippen LogP contribution is 2.35. The molecule has 4 aromatic rings. The number of halogens is 3. The number of aryl methyl sites for hydroxylation is 1. The molecule has 1 N–H and O–H groups in total. The fourth-order valence-electron chi connectivity index (χ4n) is 3.12. The molecular formula is C20H14F3N3O3. The number of benzene rings is 2. The van der Waals surface area contributed by atoms with Crippen LogP contribution >= 0.6 is 0 Å². The summed E-state index contributed by atoms with van der Waals surface area (Å²) in [4.78, 5) is 15.6. The fraction of sp³-hybridized carbons (Fsp3) is 0.150. The van der Waals surface area contributed by atoms with Gasteiger partial charge in [0.2, 0.25) is 0 Å². The van der Waals surface area contributed by atoms with Gasteiger partial charge in [-0.1, -0.05) is 0 Å². The van der Waals surface area contributed by atoms with Crippen LogP contribution < -0.4 is 9.47 Å². The third-order valence-corrected chi connectivity index (χ3v) is 4.47. The lowest BCUT2D eigenvalue weighted by atomic mass is 10.0. The number of hydrogen-bond acceptors (Lipinski definition) is 5. The molecule has 0 fully saturated rings. The fourth-order valence-corrected chi connectivity index (χ4v) is 3.12. The van der Waals surface area contributed by atoms with Crippen LogP contribution in [0.5, 0.6) is 11.5 Å². The van der Waals surface area contributed by atoms with E-state index in [1.807, 2.05) is 19.1 Å². The number of fused-ring (bicyclic) bond motifs is 3. The lowest BCUT2D eigenvalue weighted by Gasteiger charge is -2.11. The minimum atomic E-state index is -5.06. The van der Waals surface area contributed by atoms with Crippen LogP contribution in [-0.2, 0) is 4.79 Å². The summed E-state index contributed by atoms with van der Waals surface area (Å²) in [6, 6.07) is 11.2. The van der Waals surface area contributed by atoms with E-state index in [0.717, 1.165) is 21.9 Å². The van der Waals surface area contributed by atoms with Crippen molar-refractivity contribution in [2.45, 2.75) is 13.1 Å². The summed E-state index contributed by atoms with van der Waals surface area (Å²) >= 11 is 0. The molecule has 2 aromatic heterocycles. The third kappa shape index (κ3) is 3.35. The molecule has 29 heavy (non-hydrogen) atoms. The molecule has 148 valence electrons. The number of nitrogens with one attached hydrogen (secondary N) is 1. The number of rotatable bonds is 3. The summed E-state index contributed by atoms with van der Waals surface area (Å²) in [6.07, 6.45) is -5.06. The van der Waals surface area contributed by atoms with Crippen molar-refractivity contribution in [1.82, 2.24) is 15.2 Å². The lowest BCUT2D eigenvalue weighted by Crippen LogP contribution is -2.27. The smallest absolute Gasteiger partial charge is 0.491 e. The first kappa shape index (κ1) is 18.7. The lowest BCUT2D eigenvalue weighted by molar-refractivity contribution is -0.189. The second kappa shape index (κ2) is 6.77. The van der Waals surface area contributed by atoms with E-state index in [9.17, 15) is 18.0 Å². The zero-order valence-electron chi connectivity index (χ0n) is 15.3. The molecule has 2 aromatic carbocycles. The number of methoxy groups -OCH3 is 1. The standard InChI is InChI=1S/C20H14F3N3O3/c1-10-16-15-9-13(28-2)7-8-14(15)17(24-18(16)26-25-10)11-3-5-12(6-4-11)29-19(27)20(21,22)23/h3-9H,1-2H3,(H,24,25,26). The van der Waals surface area contributed by atoms with Crippen LogP contribution in [-0.4, -0.2) is 34.4 Å². The molecule has 0 bridgehead atoms. The number of carbonyl (C=O) groups is 1. The van der Waals surface area contributed by atoms with Crippen molar-refractivity contribution in [3.63, 3.8) is 0 Å². The van der Waals surface area contributed by atoms with E-state index in [1.54, 1.807) is 25.3 Å². The number of H-pyrrole nitrogens is 1. The topological polar surface area (TPSA) is 77.1 Å². The second-order valence-electron chi connectivity index (χ2n) is 6.32. The Labute approximate surface area is 162 Å². The van der Waals surface area contributed by atoms with Crippen molar-refractivity contribution < 1.29 is 27.4 Å². The largest absolute Gasteiger partial charge is 0.497 e. The van der Waals surface area contributed by atoms with Crippen molar-refractivity contribution in [1.29, 1.82) is 0 Å². The highest BCUT2D eigenvalue weighted by molar-refractivity contribution is 6.11. The quantitative estimate of drug-likeness (QED) is 0.402. The van der Waals surface area contributed by atoms with Crippen LogP contribution in [0.15, 0.2) is 42.5 Å². The molecule has 9 heteroatoms. The highest BCUT2D eigenvalue weighted by atomic mass is 19.4. The Morgan fingerprint density at radius 2 is 1.72 bits per heavy atom. The van der Waals surface area contributed by atoms with Crippen LogP contribution in [0.2, 0.25) is 0 Å². The van der Waals surface area contributed by atoms with Gasteiger partial charge in [0, 0.05) is 21.7 Å². The predicted molar refractivity (Wildman–Crippen MR) is 99.8 cm³/mol. The summed E-state index contributed by atoms with van der Waals surface area (Å²) < 4.78 is 46.8. The number of carbonyl (C=O) groups excluding carboxylic acids is 1. The number of ether oxygens (including phenoxy) is 2. The summed E-state index contributed by atoms with van der Waals surface area (Å²) in [5.41, 5.74) is 2.60. The number of pyridine rings is 1. The monoisotopic (exact) mass is 401 g/mol. The van der Waals surface area contributed by atoms with Gasteiger partial charge in [-0.05, 0) is 49.4 Å². The van der Waals surface area contributed by atoms with Crippen molar-refractivity contribution in [3.8, 4) is 22.8 Å². The van der Waals surface area contributed by atoms with Crippen molar-refractivity contribution in [3.05, 3.63) is 48.2 Å². The first-order valence-electron chi connectivity index (χ1n) is 8.50. The van der Waals surface area contributed by atoms with Crippen LogP contribution in [0.3, 0.4) is 0 Å². The van der Waals surface area contributed by atoms with Gasteiger partial charge in [0.25, 0.3) is 0 Å². The zero-order valence-corrected chi connectivity index (χ0v) is 15.3. The first-order valence-corrected chi connectivity index (χ1v) is 8.50. The number of aromatic amines is 1. The maximum atomic E-state index is 12.4. The number of nitrogens with zero attached hydrogens (tertiary/aromatic N) is 2. The van der Waals surface area contributed by atoms with Crippen LogP contribution in [0.1, 0.15) is 5.69 Å². The first-order chi connectivity index (χ1) is 13.8. The molecule has 0 amide bonds. The van der Waals surface area contributed by atoms with E-state index in [1.165, 1.54) is 12.1 Å². The maximum Gasteiger partial charge on any atom is 0.491 e. The molecule has 0 radical (unpaired) electrons. The molecular weight excluding hydrogens is 387 g/mol. The molecule has 0 unspecified atom stereocenters. The van der Waals surface area contributed by atoms with Gasteiger partial charge in [-0.3, -0.25) is 5.10 Å². The van der Waals surface area contributed by atoms with E-state index >= 15 is 0 Å². The van der Waals surface area contributed by atoms with Gasteiger partial charge in [-0.25, -0.2) is 9.78 Å². The highest BCUT2D eigenvalue weighted by Gasteiger charge is 2.41. The number of alkyl halides is 3. The average molecular weight is 401 g/mol. The van der Waals surface area contributed by atoms with Gasteiger partial charge in [0.15, 0.2) is 5.65 Å². The Morgan fingerprint density at radius 3 is 2.38 bits per heavy atom. The number of aromatic nitrogens is 3. The van der Waals surface area contributed by atoms with Gasteiger partial charge in [0.1, 0.15) is 11.5 Å². The van der Waals surface area contributed by atoms with E-state index in [4.69, 9.17) is 4.74 Å². The number of esters is 1. The number of hydrogen-bond donors (Lipinski definition) is 1. The van der Waals surface area contributed by atoms with Gasteiger partial charge >= 0.3 is 12.1 Å². The Hall–Kier alpha value is -3.62. The maximum absolute atomic E-state index is 12.4. The van der Waals surface area contributed by atoms with E-state index < -0.39 is 12.1 Å². The Bertz CT molecular complexity index is 1230. The van der Waals surface area contributed by atoms with Gasteiger partial charge in [-0.15, -0.1) is 0 Å². The third-order valence-electron chi connectivity index (χ3n) is 4.47. The second-order valence-corrected chi connectivity index (χ2v) is 6.32. The molecule has 0 saturated heterocycles. The van der Waals surface area contributed by atoms with Crippen molar-refractivity contribution >= 4 is 27.8 Å². The Kier molecular flexibility index (Phi) is 4.37. The molecule has 0 atom stereocenters. The molecule has 0 spiro atoms. The summed E-state index contributed by atoms with van der Waals surface area (Å²) in [5, 5.41) is 9.66. The zero-order chi connectivity index (χ0) is 20.8. The average Bonchev–Trinajstić information content (AvgIpc) is 3.08. The predicted octanol–water partition coefficient (Wildman–Crippen LogP) is 4.56. The molecule has 0 aliphatic rings. The van der Waals surface area contributed by atoms with Gasteiger partial charge in [-0.2, -0.15) is 18.3 Å².